The second-order valence-electron chi connectivity index (χ2n) is 5.59. The number of carbonyl (C=O) groups excluding carboxylic acids is 1. The summed E-state index contributed by atoms with van der Waals surface area (Å²) in [6.45, 7) is 4.53. The normalized spacial score (nSPS) is 18.9. The number of morpholine rings is 1. The molecule has 1 saturated heterocycles. The van der Waals surface area contributed by atoms with Crippen molar-refractivity contribution in [2.45, 2.75) is 13.0 Å². The van der Waals surface area contributed by atoms with Crippen LogP contribution in [0.2, 0.25) is 5.02 Å². The molecule has 0 radical (unpaired) electrons. The van der Waals surface area contributed by atoms with Crippen molar-refractivity contribution in [2.75, 3.05) is 45.7 Å². The highest BCUT2D eigenvalue weighted by molar-refractivity contribution is 6.30. The van der Waals surface area contributed by atoms with Crippen molar-refractivity contribution in [3.05, 3.63) is 28.8 Å². The van der Waals surface area contributed by atoms with Crippen molar-refractivity contribution in [3.8, 4) is 0 Å². The topological polar surface area (TPSA) is 44.8 Å². The summed E-state index contributed by atoms with van der Waals surface area (Å²) in [6.07, 6.45) is 0.0609. The van der Waals surface area contributed by atoms with Crippen LogP contribution in [0.25, 0.3) is 0 Å². The molecule has 1 atom stereocenters. The predicted octanol–water partition coefficient (Wildman–Crippen LogP) is 2.44. The molecule has 0 aromatic heterocycles. The molecule has 0 spiro atoms. The zero-order chi connectivity index (χ0) is 15.4. The van der Waals surface area contributed by atoms with Gasteiger partial charge < -0.3 is 19.9 Å². The first-order valence-electron chi connectivity index (χ1n) is 7.04. The lowest BCUT2D eigenvalue weighted by atomic mass is 10.2. The third-order valence-electron chi connectivity index (χ3n) is 3.42. The molecule has 2 rings (SSSR count). The molecule has 1 aromatic rings. The van der Waals surface area contributed by atoms with Gasteiger partial charge in [-0.25, -0.2) is 4.79 Å². The molecule has 5 nitrogen and oxygen atoms in total. The molecule has 6 heteroatoms. The highest BCUT2D eigenvalue weighted by Crippen LogP contribution is 2.20. The summed E-state index contributed by atoms with van der Waals surface area (Å²) >= 11 is 5.93. The van der Waals surface area contributed by atoms with Gasteiger partial charge in [-0.1, -0.05) is 11.6 Å². The fourth-order valence-electron chi connectivity index (χ4n) is 2.38. The van der Waals surface area contributed by atoms with Crippen LogP contribution >= 0.6 is 11.6 Å². The monoisotopic (exact) mass is 311 g/mol. The molecule has 0 aliphatic carbocycles. The molecule has 1 unspecified atom stereocenters. The van der Waals surface area contributed by atoms with Crippen LogP contribution in [-0.2, 0) is 4.74 Å². The van der Waals surface area contributed by atoms with Crippen LogP contribution in [0, 0.1) is 6.92 Å². The number of nitrogens with zero attached hydrogens (tertiary/aromatic N) is 2. The van der Waals surface area contributed by atoms with E-state index in [9.17, 15) is 4.79 Å². The quantitative estimate of drug-likeness (QED) is 0.932. The molecule has 1 aromatic carbocycles. The Bertz CT molecular complexity index is 508. The number of ether oxygens (including phenoxy) is 1. The lowest BCUT2D eigenvalue weighted by Crippen LogP contribution is -2.50. The van der Waals surface area contributed by atoms with Crippen LogP contribution in [0.15, 0.2) is 18.2 Å². The molecule has 1 aliphatic rings. The van der Waals surface area contributed by atoms with E-state index in [-0.39, 0.29) is 12.1 Å². The smallest absolute Gasteiger partial charge is 0.322 e. The first kappa shape index (κ1) is 16.1. The maximum Gasteiger partial charge on any atom is 0.322 e. The van der Waals surface area contributed by atoms with Crippen LogP contribution < -0.4 is 5.32 Å². The number of benzene rings is 1. The molecule has 0 saturated carbocycles. The molecule has 1 aliphatic heterocycles. The number of urea groups is 1. The number of likely N-dealkylation sites (N-methyl/N-ethyl adjacent to an activating group) is 1. The van der Waals surface area contributed by atoms with E-state index in [2.05, 4.69) is 10.2 Å². The van der Waals surface area contributed by atoms with Gasteiger partial charge in [0.2, 0.25) is 0 Å². The van der Waals surface area contributed by atoms with E-state index in [4.69, 9.17) is 16.3 Å². The number of carbonyl (C=O) groups is 1. The molecule has 0 bridgehead atoms. The van der Waals surface area contributed by atoms with Crippen molar-refractivity contribution in [3.63, 3.8) is 0 Å². The Hall–Kier alpha value is -1.30. The summed E-state index contributed by atoms with van der Waals surface area (Å²) in [7, 11) is 4.00. The van der Waals surface area contributed by atoms with E-state index in [0.717, 1.165) is 17.8 Å². The molecule has 1 N–H and O–H groups in total. The Balaban J connectivity index is 1.96. The number of halogens is 1. The minimum Gasteiger partial charge on any atom is -0.373 e. The minimum absolute atomic E-state index is 0.0609. The molecular weight excluding hydrogens is 290 g/mol. The van der Waals surface area contributed by atoms with Gasteiger partial charge in [-0.3, -0.25) is 0 Å². The highest BCUT2D eigenvalue weighted by atomic mass is 35.5. The summed E-state index contributed by atoms with van der Waals surface area (Å²) in [5, 5.41) is 3.61. The second kappa shape index (κ2) is 7.11. The Morgan fingerprint density at radius 2 is 2.29 bits per heavy atom. The van der Waals surface area contributed by atoms with Gasteiger partial charge in [0, 0.05) is 30.3 Å². The minimum atomic E-state index is -0.0903. The standard InChI is InChI=1S/C15H22ClN3O2/c1-11-8-12(16)4-5-14(11)17-15(20)19-6-7-21-13(10-19)9-18(2)3/h4-5,8,13H,6-7,9-10H2,1-3H3,(H,17,20). The Labute approximate surface area is 130 Å². The largest absolute Gasteiger partial charge is 0.373 e. The van der Waals surface area contributed by atoms with Gasteiger partial charge in [0.1, 0.15) is 0 Å². The predicted molar refractivity (Wildman–Crippen MR) is 85.1 cm³/mol. The average molecular weight is 312 g/mol. The number of rotatable bonds is 3. The number of aryl methyl sites for hydroxylation is 1. The van der Waals surface area contributed by atoms with Gasteiger partial charge in [0.15, 0.2) is 0 Å². The summed E-state index contributed by atoms with van der Waals surface area (Å²) in [5.74, 6) is 0. The van der Waals surface area contributed by atoms with Gasteiger partial charge in [-0.05, 0) is 44.8 Å². The summed E-state index contributed by atoms with van der Waals surface area (Å²) in [5.41, 5.74) is 1.74. The number of amides is 2. The van der Waals surface area contributed by atoms with E-state index in [1.54, 1.807) is 11.0 Å². The first-order chi connectivity index (χ1) is 9.95. The van der Waals surface area contributed by atoms with Crippen LogP contribution in [0.5, 0.6) is 0 Å². The number of nitrogens with one attached hydrogen (secondary N) is 1. The molecular formula is C15H22ClN3O2. The Morgan fingerprint density at radius 3 is 2.95 bits per heavy atom. The molecule has 21 heavy (non-hydrogen) atoms. The maximum absolute atomic E-state index is 12.3. The van der Waals surface area contributed by atoms with Crippen LogP contribution in [0.1, 0.15) is 5.56 Å². The fraction of sp³-hybridized carbons (Fsp3) is 0.533. The number of hydrogen-bond acceptors (Lipinski definition) is 3. The number of anilines is 1. The van der Waals surface area contributed by atoms with Gasteiger partial charge >= 0.3 is 6.03 Å². The zero-order valence-electron chi connectivity index (χ0n) is 12.7. The highest BCUT2D eigenvalue weighted by Gasteiger charge is 2.24. The average Bonchev–Trinajstić information content (AvgIpc) is 2.41. The Morgan fingerprint density at radius 1 is 1.52 bits per heavy atom. The van der Waals surface area contributed by atoms with E-state index < -0.39 is 0 Å². The SMILES string of the molecule is Cc1cc(Cl)ccc1NC(=O)N1CCOC(CN(C)C)C1. The summed E-state index contributed by atoms with van der Waals surface area (Å²) < 4.78 is 5.68. The van der Waals surface area contributed by atoms with Gasteiger partial charge in [0.25, 0.3) is 0 Å². The maximum atomic E-state index is 12.3. The number of hydrogen-bond donors (Lipinski definition) is 1. The van der Waals surface area contributed by atoms with Crippen molar-refractivity contribution in [1.82, 2.24) is 9.80 Å². The Kier molecular flexibility index (Phi) is 5.45. The molecule has 116 valence electrons. The van der Waals surface area contributed by atoms with E-state index in [1.165, 1.54) is 0 Å². The van der Waals surface area contributed by atoms with Gasteiger partial charge in [0.05, 0.1) is 12.7 Å². The molecule has 1 heterocycles. The van der Waals surface area contributed by atoms with Crippen LogP contribution in [-0.4, -0.2) is 62.3 Å². The third-order valence-corrected chi connectivity index (χ3v) is 3.66. The van der Waals surface area contributed by atoms with Crippen LogP contribution in [0.3, 0.4) is 0 Å². The lowest BCUT2D eigenvalue weighted by molar-refractivity contribution is -0.0228. The third kappa shape index (κ3) is 4.59. The molecule has 2 amide bonds. The van der Waals surface area contributed by atoms with E-state index in [1.807, 2.05) is 33.2 Å². The summed E-state index contributed by atoms with van der Waals surface area (Å²) in [4.78, 5) is 16.2. The zero-order valence-corrected chi connectivity index (χ0v) is 13.5. The van der Waals surface area contributed by atoms with Crippen molar-refractivity contribution >= 4 is 23.3 Å². The van der Waals surface area contributed by atoms with Gasteiger partial charge in [-0.15, -0.1) is 0 Å². The lowest BCUT2D eigenvalue weighted by Gasteiger charge is -2.34. The van der Waals surface area contributed by atoms with E-state index in [0.29, 0.717) is 24.7 Å². The second-order valence-corrected chi connectivity index (χ2v) is 6.03. The fourth-order valence-corrected chi connectivity index (χ4v) is 2.61. The van der Waals surface area contributed by atoms with Crippen molar-refractivity contribution in [2.24, 2.45) is 0 Å². The molecule has 1 fully saturated rings. The van der Waals surface area contributed by atoms with Crippen molar-refractivity contribution in [1.29, 1.82) is 0 Å². The first-order valence-corrected chi connectivity index (χ1v) is 7.42. The van der Waals surface area contributed by atoms with E-state index >= 15 is 0 Å². The summed E-state index contributed by atoms with van der Waals surface area (Å²) in [6, 6.07) is 5.35. The van der Waals surface area contributed by atoms with Crippen molar-refractivity contribution < 1.29 is 9.53 Å². The van der Waals surface area contributed by atoms with Gasteiger partial charge in [-0.2, -0.15) is 0 Å². The van der Waals surface area contributed by atoms with Crippen LogP contribution in [0.4, 0.5) is 10.5 Å².